The molecular weight excluding hydrogens is 210 g/mol. The molecule has 0 saturated carbocycles. The Hall–Kier alpha value is -1.75. The molecule has 0 bridgehead atoms. The summed E-state index contributed by atoms with van der Waals surface area (Å²) < 4.78 is 0. The maximum Gasteiger partial charge on any atom is 0.298 e. The van der Waals surface area contributed by atoms with Gasteiger partial charge in [0.15, 0.2) is 0 Å². The maximum atomic E-state index is 11.9. The van der Waals surface area contributed by atoms with Gasteiger partial charge >= 0.3 is 0 Å². The van der Waals surface area contributed by atoms with Crippen molar-refractivity contribution in [3.63, 3.8) is 0 Å². The van der Waals surface area contributed by atoms with Crippen LogP contribution in [0.15, 0.2) is 30.3 Å². The molecule has 1 amide bonds. The van der Waals surface area contributed by atoms with Crippen LogP contribution in [0.5, 0.6) is 0 Å². The topological polar surface area (TPSA) is 20.3 Å². The molecule has 2 rings (SSSR count). The number of benzene rings is 1. The fraction of sp³-hybridized carbons (Fsp3) is 0.400. The van der Waals surface area contributed by atoms with E-state index in [4.69, 9.17) is 0 Å². The van der Waals surface area contributed by atoms with Crippen LogP contribution in [0.25, 0.3) is 0 Å². The molecule has 1 unspecified atom stereocenters. The first-order valence-corrected chi connectivity index (χ1v) is 6.11. The van der Waals surface area contributed by atoms with Crippen molar-refractivity contribution >= 4 is 5.91 Å². The zero-order valence-corrected chi connectivity index (χ0v) is 10.1. The van der Waals surface area contributed by atoms with Crippen molar-refractivity contribution in [2.45, 2.75) is 19.8 Å². The molecule has 0 spiro atoms. The van der Waals surface area contributed by atoms with Gasteiger partial charge in [0.05, 0.1) is 0 Å². The summed E-state index contributed by atoms with van der Waals surface area (Å²) in [6.45, 7) is 3.89. The summed E-state index contributed by atoms with van der Waals surface area (Å²) in [6.07, 6.45) is 2.32. The van der Waals surface area contributed by atoms with E-state index in [9.17, 15) is 4.79 Å². The quantitative estimate of drug-likeness (QED) is 0.623. The highest BCUT2D eigenvalue weighted by atomic mass is 16.2. The SMILES string of the molecule is CC1CCCN(C(=O)C#Cc2ccccc2)C1. The van der Waals surface area contributed by atoms with E-state index in [2.05, 4.69) is 18.8 Å². The average molecular weight is 227 g/mol. The molecule has 0 aromatic heterocycles. The standard InChI is InChI=1S/C15H17NO/c1-13-6-5-11-16(12-13)15(17)10-9-14-7-3-2-4-8-14/h2-4,7-8,13H,5-6,11-12H2,1H3. The van der Waals surface area contributed by atoms with Crippen LogP contribution in [-0.4, -0.2) is 23.9 Å². The van der Waals surface area contributed by atoms with Gasteiger partial charge in [0, 0.05) is 24.6 Å². The molecule has 1 aromatic carbocycles. The van der Waals surface area contributed by atoms with E-state index in [0.717, 1.165) is 25.1 Å². The van der Waals surface area contributed by atoms with E-state index in [-0.39, 0.29) is 5.91 Å². The van der Waals surface area contributed by atoms with Crippen LogP contribution in [0.2, 0.25) is 0 Å². The van der Waals surface area contributed by atoms with Gasteiger partial charge in [0.25, 0.3) is 5.91 Å². The Morgan fingerprint density at radius 1 is 1.35 bits per heavy atom. The van der Waals surface area contributed by atoms with Crippen molar-refractivity contribution in [3.8, 4) is 11.8 Å². The number of rotatable bonds is 0. The third kappa shape index (κ3) is 3.35. The fourth-order valence-electron chi connectivity index (χ4n) is 2.10. The largest absolute Gasteiger partial charge is 0.332 e. The van der Waals surface area contributed by atoms with Gasteiger partial charge < -0.3 is 4.90 Å². The lowest BCUT2D eigenvalue weighted by molar-refractivity contribution is -0.126. The molecule has 1 aromatic rings. The van der Waals surface area contributed by atoms with Gasteiger partial charge in [-0.2, -0.15) is 0 Å². The number of amides is 1. The van der Waals surface area contributed by atoms with Gasteiger partial charge in [0.1, 0.15) is 0 Å². The number of likely N-dealkylation sites (tertiary alicyclic amines) is 1. The van der Waals surface area contributed by atoms with E-state index >= 15 is 0 Å². The molecule has 1 saturated heterocycles. The summed E-state index contributed by atoms with van der Waals surface area (Å²) in [5.41, 5.74) is 0.894. The van der Waals surface area contributed by atoms with Crippen molar-refractivity contribution in [1.29, 1.82) is 0 Å². The normalized spacial score (nSPS) is 19.4. The molecule has 0 aliphatic carbocycles. The second-order valence-electron chi connectivity index (χ2n) is 4.61. The smallest absolute Gasteiger partial charge is 0.298 e. The summed E-state index contributed by atoms with van der Waals surface area (Å²) in [4.78, 5) is 13.7. The Morgan fingerprint density at radius 2 is 2.12 bits per heavy atom. The third-order valence-electron chi connectivity index (χ3n) is 3.03. The molecule has 88 valence electrons. The Kier molecular flexibility index (Phi) is 3.82. The highest BCUT2D eigenvalue weighted by molar-refractivity contribution is 5.94. The second-order valence-corrected chi connectivity index (χ2v) is 4.61. The summed E-state index contributed by atoms with van der Waals surface area (Å²) in [7, 11) is 0. The number of nitrogens with zero attached hydrogens (tertiary/aromatic N) is 1. The van der Waals surface area contributed by atoms with Crippen LogP contribution in [-0.2, 0) is 4.79 Å². The van der Waals surface area contributed by atoms with Crippen LogP contribution in [0, 0.1) is 17.8 Å². The van der Waals surface area contributed by atoms with E-state index in [1.807, 2.05) is 35.2 Å². The number of carbonyl (C=O) groups excluding carboxylic acids is 1. The number of hydrogen-bond donors (Lipinski definition) is 0. The Labute approximate surface area is 103 Å². The second kappa shape index (κ2) is 5.54. The Bertz CT molecular complexity index is 441. The van der Waals surface area contributed by atoms with E-state index < -0.39 is 0 Å². The summed E-state index contributed by atoms with van der Waals surface area (Å²) in [6, 6.07) is 9.63. The van der Waals surface area contributed by atoms with E-state index in [1.165, 1.54) is 6.42 Å². The van der Waals surface area contributed by atoms with Gasteiger partial charge in [-0.05, 0) is 30.9 Å². The molecule has 1 aliphatic rings. The Balaban J connectivity index is 2.00. The monoisotopic (exact) mass is 227 g/mol. The van der Waals surface area contributed by atoms with E-state index in [1.54, 1.807) is 0 Å². The predicted octanol–water partition coefficient (Wildman–Crippen LogP) is 2.30. The first kappa shape index (κ1) is 11.7. The summed E-state index contributed by atoms with van der Waals surface area (Å²) in [5, 5.41) is 0. The molecular formula is C15H17NO. The third-order valence-corrected chi connectivity index (χ3v) is 3.03. The van der Waals surface area contributed by atoms with E-state index in [0.29, 0.717) is 5.92 Å². The molecule has 1 fully saturated rings. The minimum Gasteiger partial charge on any atom is -0.332 e. The maximum absolute atomic E-state index is 11.9. The van der Waals surface area contributed by atoms with Gasteiger partial charge in [-0.25, -0.2) is 0 Å². The lowest BCUT2D eigenvalue weighted by Gasteiger charge is -2.29. The lowest BCUT2D eigenvalue weighted by atomic mass is 10.0. The molecule has 2 heteroatoms. The Morgan fingerprint density at radius 3 is 2.82 bits per heavy atom. The van der Waals surface area contributed by atoms with Crippen LogP contribution in [0.1, 0.15) is 25.3 Å². The number of hydrogen-bond acceptors (Lipinski definition) is 1. The number of carbonyl (C=O) groups is 1. The van der Waals surface area contributed by atoms with Crippen molar-refractivity contribution in [1.82, 2.24) is 4.90 Å². The highest BCUT2D eigenvalue weighted by Gasteiger charge is 2.19. The van der Waals surface area contributed by atoms with Crippen LogP contribution in [0.4, 0.5) is 0 Å². The zero-order valence-electron chi connectivity index (χ0n) is 10.1. The number of piperidine rings is 1. The molecule has 1 heterocycles. The molecule has 1 aliphatic heterocycles. The predicted molar refractivity (Wildman–Crippen MR) is 68.3 cm³/mol. The summed E-state index contributed by atoms with van der Waals surface area (Å²) >= 11 is 0. The van der Waals surface area contributed by atoms with Crippen molar-refractivity contribution in [2.75, 3.05) is 13.1 Å². The molecule has 0 N–H and O–H groups in total. The minimum absolute atomic E-state index is 0.0413. The van der Waals surface area contributed by atoms with Crippen molar-refractivity contribution in [2.24, 2.45) is 5.92 Å². The average Bonchev–Trinajstić information content (AvgIpc) is 2.37. The lowest BCUT2D eigenvalue weighted by Crippen LogP contribution is -2.38. The van der Waals surface area contributed by atoms with Gasteiger partial charge in [0.2, 0.25) is 0 Å². The van der Waals surface area contributed by atoms with Crippen LogP contribution >= 0.6 is 0 Å². The van der Waals surface area contributed by atoms with Crippen molar-refractivity contribution in [3.05, 3.63) is 35.9 Å². The van der Waals surface area contributed by atoms with Gasteiger partial charge in [-0.15, -0.1) is 0 Å². The fourth-order valence-corrected chi connectivity index (χ4v) is 2.10. The van der Waals surface area contributed by atoms with Crippen LogP contribution in [0.3, 0.4) is 0 Å². The molecule has 1 atom stereocenters. The summed E-state index contributed by atoms with van der Waals surface area (Å²) in [5.74, 6) is 6.20. The van der Waals surface area contributed by atoms with Gasteiger partial charge in [-0.3, -0.25) is 4.79 Å². The van der Waals surface area contributed by atoms with Crippen molar-refractivity contribution < 1.29 is 4.79 Å². The first-order chi connectivity index (χ1) is 8.25. The molecule has 17 heavy (non-hydrogen) atoms. The molecule has 0 radical (unpaired) electrons. The highest BCUT2D eigenvalue weighted by Crippen LogP contribution is 2.15. The minimum atomic E-state index is -0.0413. The van der Waals surface area contributed by atoms with Crippen LogP contribution < -0.4 is 0 Å². The first-order valence-electron chi connectivity index (χ1n) is 6.11. The zero-order chi connectivity index (χ0) is 12.1. The molecule has 2 nitrogen and oxygen atoms in total. The van der Waals surface area contributed by atoms with Gasteiger partial charge in [-0.1, -0.05) is 31.0 Å².